The molecule has 4 rings (SSSR count). The molecule has 33 heavy (non-hydrogen) atoms. The number of aromatic nitrogens is 2. The molecule has 5 heteroatoms. The number of rotatable bonds is 8. The molecule has 1 saturated carbocycles. The third-order valence-electron chi connectivity index (χ3n) is 7.10. The number of aryl methyl sites for hydroxylation is 2. The molecule has 0 saturated heterocycles. The van der Waals surface area contributed by atoms with E-state index >= 15 is 0 Å². The van der Waals surface area contributed by atoms with Gasteiger partial charge in [-0.2, -0.15) is 0 Å². The van der Waals surface area contributed by atoms with Crippen molar-refractivity contribution in [3.05, 3.63) is 69.8 Å². The summed E-state index contributed by atoms with van der Waals surface area (Å²) in [5.74, 6) is 0.988. The van der Waals surface area contributed by atoms with E-state index in [-0.39, 0.29) is 23.4 Å². The Morgan fingerprint density at radius 3 is 2.52 bits per heavy atom. The lowest BCUT2D eigenvalue weighted by Gasteiger charge is -2.37. The number of unbranched alkanes of at least 4 members (excludes halogenated alkanes) is 1. The van der Waals surface area contributed by atoms with Crippen LogP contribution >= 0.6 is 0 Å². The van der Waals surface area contributed by atoms with Crippen molar-refractivity contribution in [2.75, 3.05) is 6.54 Å². The molecule has 1 aromatic heterocycles. The average molecular weight is 446 g/mol. The topological polar surface area (TPSA) is 55.2 Å². The fourth-order valence-corrected chi connectivity index (χ4v) is 4.67. The van der Waals surface area contributed by atoms with Gasteiger partial charge in [-0.05, 0) is 74.9 Å². The standard InChI is InChI=1S/C28H35N3O2/c1-5-7-17-30(27(32)21-11-10-12-21)25(6-2)26-29-24-14-9-8-13-23(24)28(33)31(26)22-16-15-19(3)20(4)18-22/h8-9,13-16,18,21,25H,5-7,10-12,17H2,1-4H3. The van der Waals surface area contributed by atoms with E-state index in [0.29, 0.717) is 29.7 Å². The Kier molecular flexibility index (Phi) is 6.96. The van der Waals surface area contributed by atoms with Crippen molar-refractivity contribution >= 4 is 16.8 Å². The van der Waals surface area contributed by atoms with Gasteiger partial charge in [0.05, 0.1) is 22.6 Å². The molecule has 1 unspecified atom stereocenters. The third kappa shape index (κ3) is 4.46. The Morgan fingerprint density at radius 2 is 1.88 bits per heavy atom. The first-order valence-corrected chi connectivity index (χ1v) is 12.4. The zero-order valence-corrected chi connectivity index (χ0v) is 20.3. The summed E-state index contributed by atoms with van der Waals surface area (Å²) in [6.07, 6.45) is 5.71. The minimum absolute atomic E-state index is 0.0798. The predicted octanol–water partition coefficient (Wildman–Crippen LogP) is 5.88. The highest BCUT2D eigenvalue weighted by molar-refractivity contribution is 5.81. The molecule has 1 fully saturated rings. The summed E-state index contributed by atoms with van der Waals surface area (Å²) in [6.45, 7) is 9.05. The van der Waals surface area contributed by atoms with Gasteiger partial charge in [0, 0.05) is 12.5 Å². The van der Waals surface area contributed by atoms with Crippen LogP contribution in [0.25, 0.3) is 16.6 Å². The Balaban J connectivity index is 1.93. The molecule has 0 bridgehead atoms. The summed E-state index contributed by atoms with van der Waals surface area (Å²) in [4.78, 5) is 34.3. The molecule has 1 heterocycles. The second-order valence-corrected chi connectivity index (χ2v) is 9.33. The molecule has 2 aromatic carbocycles. The van der Waals surface area contributed by atoms with Crippen LogP contribution in [0.2, 0.25) is 0 Å². The normalized spacial score (nSPS) is 14.8. The van der Waals surface area contributed by atoms with E-state index in [1.807, 2.05) is 47.4 Å². The van der Waals surface area contributed by atoms with Crippen LogP contribution in [0.1, 0.15) is 75.4 Å². The third-order valence-corrected chi connectivity index (χ3v) is 7.10. The van der Waals surface area contributed by atoms with Gasteiger partial charge in [-0.3, -0.25) is 14.2 Å². The Morgan fingerprint density at radius 1 is 1.12 bits per heavy atom. The van der Waals surface area contributed by atoms with E-state index in [4.69, 9.17) is 4.98 Å². The minimum Gasteiger partial charge on any atom is -0.332 e. The zero-order valence-electron chi connectivity index (χ0n) is 20.3. The summed E-state index contributed by atoms with van der Waals surface area (Å²) in [5.41, 5.74) is 3.71. The molecule has 174 valence electrons. The summed E-state index contributed by atoms with van der Waals surface area (Å²) in [7, 11) is 0. The highest BCUT2D eigenvalue weighted by Crippen LogP contribution is 2.33. The van der Waals surface area contributed by atoms with Gasteiger partial charge in [-0.25, -0.2) is 4.98 Å². The lowest BCUT2D eigenvalue weighted by Crippen LogP contribution is -2.43. The molecular weight excluding hydrogens is 410 g/mol. The summed E-state index contributed by atoms with van der Waals surface area (Å²) >= 11 is 0. The molecular formula is C28H35N3O2. The Bertz CT molecular complexity index is 1210. The van der Waals surface area contributed by atoms with Crippen molar-refractivity contribution in [1.29, 1.82) is 0 Å². The van der Waals surface area contributed by atoms with Crippen LogP contribution in [0.3, 0.4) is 0 Å². The van der Waals surface area contributed by atoms with Crippen LogP contribution in [0, 0.1) is 19.8 Å². The first-order valence-electron chi connectivity index (χ1n) is 12.4. The van der Waals surface area contributed by atoms with Gasteiger partial charge in [0.1, 0.15) is 5.82 Å². The molecule has 0 N–H and O–H groups in total. The van der Waals surface area contributed by atoms with Crippen LogP contribution < -0.4 is 5.56 Å². The second-order valence-electron chi connectivity index (χ2n) is 9.33. The van der Waals surface area contributed by atoms with E-state index in [9.17, 15) is 9.59 Å². The van der Waals surface area contributed by atoms with Crippen LogP contribution in [0.5, 0.6) is 0 Å². The Labute approximate surface area is 196 Å². The van der Waals surface area contributed by atoms with Gasteiger partial charge in [-0.15, -0.1) is 0 Å². The molecule has 1 amide bonds. The molecule has 0 radical (unpaired) electrons. The number of carbonyl (C=O) groups excluding carboxylic acids is 1. The molecule has 1 atom stereocenters. The monoisotopic (exact) mass is 445 g/mol. The van der Waals surface area contributed by atoms with Gasteiger partial charge in [0.15, 0.2) is 0 Å². The van der Waals surface area contributed by atoms with E-state index in [1.54, 1.807) is 4.57 Å². The zero-order chi connectivity index (χ0) is 23.5. The number of para-hydroxylation sites is 1. The van der Waals surface area contributed by atoms with Crippen molar-refractivity contribution < 1.29 is 4.79 Å². The van der Waals surface area contributed by atoms with Gasteiger partial charge in [0.25, 0.3) is 5.56 Å². The van der Waals surface area contributed by atoms with Gasteiger partial charge in [-0.1, -0.05) is 44.9 Å². The number of hydrogen-bond acceptors (Lipinski definition) is 3. The molecule has 3 aromatic rings. The van der Waals surface area contributed by atoms with Crippen molar-refractivity contribution in [2.24, 2.45) is 5.92 Å². The molecule has 0 spiro atoms. The fourth-order valence-electron chi connectivity index (χ4n) is 4.67. The SMILES string of the molecule is CCCCN(C(=O)C1CCC1)C(CC)c1nc2ccccc2c(=O)n1-c1ccc(C)c(C)c1. The van der Waals surface area contributed by atoms with Crippen LogP contribution in [-0.4, -0.2) is 26.9 Å². The lowest BCUT2D eigenvalue weighted by molar-refractivity contribution is -0.141. The summed E-state index contributed by atoms with van der Waals surface area (Å²) < 4.78 is 1.75. The second kappa shape index (κ2) is 9.90. The molecule has 0 aliphatic heterocycles. The maximum Gasteiger partial charge on any atom is 0.266 e. The van der Waals surface area contributed by atoms with E-state index in [1.165, 1.54) is 5.56 Å². The highest BCUT2D eigenvalue weighted by atomic mass is 16.2. The summed E-state index contributed by atoms with van der Waals surface area (Å²) in [5, 5.41) is 0.597. The van der Waals surface area contributed by atoms with Gasteiger partial charge >= 0.3 is 0 Å². The maximum absolute atomic E-state index is 13.8. The molecule has 1 aliphatic carbocycles. The number of amides is 1. The number of benzene rings is 2. The predicted molar refractivity (Wildman–Crippen MR) is 134 cm³/mol. The Hall–Kier alpha value is -2.95. The number of nitrogens with zero attached hydrogens (tertiary/aromatic N) is 3. The summed E-state index contributed by atoms with van der Waals surface area (Å²) in [6, 6.07) is 13.3. The average Bonchev–Trinajstić information content (AvgIpc) is 2.77. The van der Waals surface area contributed by atoms with Crippen LogP contribution in [0.4, 0.5) is 0 Å². The quantitative estimate of drug-likeness (QED) is 0.435. The van der Waals surface area contributed by atoms with Crippen molar-refractivity contribution in [3.8, 4) is 5.69 Å². The first kappa shape index (κ1) is 23.2. The van der Waals surface area contributed by atoms with E-state index in [2.05, 4.69) is 27.7 Å². The first-order chi connectivity index (χ1) is 16.0. The number of fused-ring (bicyclic) bond motifs is 1. The van der Waals surface area contributed by atoms with Crippen molar-refractivity contribution in [2.45, 2.75) is 72.3 Å². The molecule has 1 aliphatic rings. The fraction of sp³-hybridized carbons (Fsp3) is 0.464. The minimum atomic E-state index is -0.247. The molecule has 5 nitrogen and oxygen atoms in total. The van der Waals surface area contributed by atoms with E-state index < -0.39 is 0 Å². The van der Waals surface area contributed by atoms with Gasteiger partial charge in [0.2, 0.25) is 5.91 Å². The highest BCUT2D eigenvalue weighted by Gasteiger charge is 2.35. The largest absolute Gasteiger partial charge is 0.332 e. The number of hydrogen-bond donors (Lipinski definition) is 0. The van der Waals surface area contributed by atoms with Crippen molar-refractivity contribution in [1.82, 2.24) is 14.5 Å². The maximum atomic E-state index is 13.8. The van der Waals surface area contributed by atoms with Gasteiger partial charge < -0.3 is 4.90 Å². The number of carbonyl (C=O) groups is 1. The smallest absolute Gasteiger partial charge is 0.266 e. The van der Waals surface area contributed by atoms with E-state index in [0.717, 1.165) is 43.4 Å². The van der Waals surface area contributed by atoms with Crippen LogP contribution in [-0.2, 0) is 4.79 Å². The van der Waals surface area contributed by atoms with Crippen LogP contribution in [0.15, 0.2) is 47.3 Å². The van der Waals surface area contributed by atoms with Crippen molar-refractivity contribution in [3.63, 3.8) is 0 Å². The lowest BCUT2D eigenvalue weighted by atomic mass is 9.84.